The minimum atomic E-state index is 0.134. The summed E-state index contributed by atoms with van der Waals surface area (Å²) in [5.74, 6) is 1.01. The molecule has 0 spiro atoms. The lowest BCUT2D eigenvalue weighted by Gasteiger charge is -2.33. The first kappa shape index (κ1) is 14.2. The van der Waals surface area contributed by atoms with E-state index in [-0.39, 0.29) is 6.10 Å². The summed E-state index contributed by atoms with van der Waals surface area (Å²) >= 11 is 0. The second kappa shape index (κ2) is 6.31. The molecule has 1 aliphatic rings. The Morgan fingerprint density at radius 3 is 2.52 bits per heavy atom. The zero-order valence-electron chi connectivity index (χ0n) is 12.8. The first-order valence-corrected chi connectivity index (χ1v) is 7.89. The Morgan fingerprint density at radius 1 is 1.05 bits per heavy atom. The van der Waals surface area contributed by atoms with Crippen LogP contribution in [0, 0.1) is 0 Å². The topological polar surface area (TPSA) is 21.3 Å². The molecule has 0 fully saturated rings. The minimum absolute atomic E-state index is 0.134. The van der Waals surface area contributed by atoms with Gasteiger partial charge in [-0.2, -0.15) is 0 Å². The molecule has 2 heteroatoms. The van der Waals surface area contributed by atoms with Crippen molar-refractivity contribution in [2.45, 2.75) is 38.8 Å². The van der Waals surface area contributed by atoms with Crippen molar-refractivity contribution in [3.8, 4) is 5.75 Å². The van der Waals surface area contributed by atoms with Crippen LogP contribution in [0.1, 0.15) is 49.1 Å². The van der Waals surface area contributed by atoms with Crippen molar-refractivity contribution in [2.75, 3.05) is 6.54 Å². The van der Waals surface area contributed by atoms with E-state index in [4.69, 9.17) is 4.74 Å². The quantitative estimate of drug-likeness (QED) is 0.895. The van der Waals surface area contributed by atoms with Gasteiger partial charge in [0.05, 0.1) is 0 Å². The van der Waals surface area contributed by atoms with E-state index < -0.39 is 0 Å². The van der Waals surface area contributed by atoms with Crippen molar-refractivity contribution in [3.05, 3.63) is 65.2 Å². The van der Waals surface area contributed by atoms with E-state index in [1.54, 1.807) is 0 Å². The highest BCUT2D eigenvalue weighted by Crippen LogP contribution is 2.40. The lowest BCUT2D eigenvalue weighted by atomic mass is 9.92. The standard InChI is InChI=1S/C19H23NO/c1-3-14-9-11-15(12-10-14)19-13-17(20-4-2)16-7-5-6-8-18(16)21-19/h5-12,17,19-20H,3-4,13H2,1-2H3. The molecule has 0 bridgehead atoms. The maximum atomic E-state index is 6.23. The predicted octanol–water partition coefficient (Wildman–Crippen LogP) is 4.42. The van der Waals surface area contributed by atoms with Crippen molar-refractivity contribution < 1.29 is 4.74 Å². The molecule has 1 heterocycles. The zero-order chi connectivity index (χ0) is 14.7. The lowest BCUT2D eigenvalue weighted by Crippen LogP contribution is -2.28. The Labute approximate surface area is 127 Å². The van der Waals surface area contributed by atoms with Gasteiger partial charge < -0.3 is 10.1 Å². The van der Waals surface area contributed by atoms with Crippen LogP contribution < -0.4 is 10.1 Å². The zero-order valence-corrected chi connectivity index (χ0v) is 12.8. The Morgan fingerprint density at radius 2 is 1.81 bits per heavy atom. The van der Waals surface area contributed by atoms with Crippen LogP contribution >= 0.6 is 0 Å². The number of benzene rings is 2. The summed E-state index contributed by atoms with van der Waals surface area (Å²) in [7, 11) is 0. The molecule has 2 atom stereocenters. The van der Waals surface area contributed by atoms with E-state index in [1.165, 1.54) is 16.7 Å². The Kier molecular flexibility index (Phi) is 4.26. The van der Waals surface area contributed by atoms with Gasteiger partial charge in [-0.25, -0.2) is 0 Å². The highest BCUT2D eigenvalue weighted by Gasteiger charge is 2.28. The Balaban J connectivity index is 1.88. The summed E-state index contributed by atoms with van der Waals surface area (Å²) in [6.45, 7) is 5.31. The van der Waals surface area contributed by atoms with Gasteiger partial charge in [0, 0.05) is 18.0 Å². The molecule has 0 saturated heterocycles. The van der Waals surface area contributed by atoms with Crippen LogP contribution in [0.5, 0.6) is 5.75 Å². The third kappa shape index (κ3) is 2.96. The highest BCUT2D eigenvalue weighted by atomic mass is 16.5. The van der Waals surface area contributed by atoms with Gasteiger partial charge >= 0.3 is 0 Å². The largest absolute Gasteiger partial charge is 0.485 e. The van der Waals surface area contributed by atoms with Gasteiger partial charge in [-0.15, -0.1) is 0 Å². The van der Waals surface area contributed by atoms with Crippen LogP contribution in [0.25, 0.3) is 0 Å². The minimum Gasteiger partial charge on any atom is -0.485 e. The fraction of sp³-hybridized carbons (Fsp3) is 0.368. The van der Waals surface area contributed by atoms with E-state index in [2.05, 4.69) is 61.6 Å². The summed E-state index contributed by atoms with van der Waals surface area (Å²) in [6, 6.07) is 17.6. The average Bonchev–Trinajstić information content (AvgIpc) is 2.55. The van der Waals surface area contributed by atoms with Crippen molar-refractivity contribution in [2.24, 2.45) is 0 Å². The number of nitrogens with one attached hydrogen (secondary N) is 1. The molecule has 0 aliphatic carbocycles. The van der Waals surface area contributed by atoms with E-state index in [9.17, 15) is 0 Å². The number of fused-ring (bicyclic) bond motifs is 1. The second-order valence-electron chi connectivity index (χ2n) is 5.59. The third-order valence-corrected chi connectivity index (χ3v) is 4.22. The number of hydrogen-bond acceptors (Lipinski definition) is 2. The molecular formula is C19H23NO. The molecule has 1 aliphatic heterocycles. The van der Waals surface area contributed by atoms with E-state index in [0.29, 0.717) is 6.04 Å². The molecular weight excluding hydrogens is 258 g/mol. The van der Waals surface area contributed by atoms with Gasteiger partial charge in [-0.1, -0.05) is 56.3 Å². The normalized spacial score (nSPS) is 20.7. The maximum Gasteiger partial charge on any atom is 0.126 e. The monoisotopic (exact) mass is 281 g/mol. The van der Waals surface area contributed by atoms with E-state index in [1.807, 2.05) is 6.07 Å². The molecule has 0 amide bonds. The number of aryl methyl sites for hydroxylation is 1. The molecule has 2 nitrogen and oxygen atoms in total. The molecule has 2 aromatic carbocycles. The first-order chi connectivity index (χ1) is 10.3. The molecule has 0 aromatic heterocycles. The van der Waals surface area contributed by atoms with Crippen LogP contribution in [-0.2, 0) is 6.42 Å². The van der Waals surface area contributed by atoms with Gasteiger partial charge in [-0.05, 0) is 30.2 Å². The fourth-order valence-electron chi connectivity index (χ4n) is 3.03. The van der Waals surface area contributed by atoms with Gasteiger partial charge in [0.15, 0.2) is 0 Å². The maximum absolute atomic E-state index is 6.23. The Hall–Kier alpha value is -1.80. The van der Waals surface area contributed by atoms with Crippen LogP contribution in [0.4, 0.5) is 0 Å². The van der Waals surface area contributed by atoms with Crippen LogP contribution in [0.2, 0.25) is 0 Å². The summed E-state index contributed by atoms with van der Waals surface area (Å²) in [6.07, 6.45) is 2.19. The summed E-state index contributed by atoms with van der Waals surface area (Å²) in [5.41, 5.74) is 3.92. The number of rotatable bonds is 4. The molecule has 2 aromatic rings. The molecule has 0 radical (unpaired) electrons. The fourth-order valence-corrected chi connectivity index (χ4v) is 3.03. The highest BCUT2D eigenvalue weighted by molar-refractivity contribution is 5.39. The molecule has 21 heavy (non-hydrogen) atoms. The average molecular weight is 281 g/mol. The summed E-state index contributed by atoms with van der Waals surface area (Å²) in [4.78, 5) is 0. The molecule has 1 N–H and O–H groups in total. The number of ether oxygens (including phenoxy) is 1. The smallest absolute Gasteiger partial charge is 0.126 e. The number of hydrogen-bond donors (Lipinski definition) is 1. The van der Waals surface area contributed by atoms with Crippen molar-refractivity contribution >= 4 is 0 Å². The number of para-hydroxylation sites is 1. The molecule has 0 saturated carbocycles. The van der Waals surface area contributed by atoms with Crippen LogP contribution in [0.15, 0.2) is 48.5 Å². The van der Waals surface area contributed by atoms with Crippen molar-refractivity contribution in [3.63, 3.8) is 0 Å². The molecule has 3 rings (SSSR count). The third-order valence-electron chi connectivity index (χ3n) is 4.22. The van der Waals surface area contributed by atoms with Crippen LogP contribution in [-0.4, -0.2) is 6.54 Å². The van der Waals surface area contributed by atoms with Gasteiger partial charge in [0.25, 0.3) is 0 Å². The van der Waals surface area contributed by atoms with Gasteiger partial charge in [-0.3, -0.25) is 0 Å². The van der Waals surface area contributed by atoms with Crippen LogP contribution in [0.3, 0.4) is 0 Å². The summed E-state index contributed by atoms with van der Waals surface area (Å²) < 4.78 is 6.23. The van der Waals surface area contributed by atoms with Gasteiger partial charge in [0.1, 0.15) is 11.9 Å². The molecule has 2 unspecified atom stereocenters. The second-order valence-corrected chi connectivity index (χ2v) is 5.59. The Bertz CT molecular complexity index is 591. The lowest BCUT2D eigenvalue weighted by molar-refractivity contribution is 0.152. The predicted molar refractivity (Wildman–Crippen MR) is 86.7 cm³/mol. The van der Waals surface area contributed by atoms with Gasteiger partial charge in [0.2, 0.25) is 0 Å². The van der Waals surface area contributed by atoms with Crippen molar-refractivity contribution in [1.82, 2.24) is 5.32 Å². The first-order valence-electron chi connectivity index (χ1n) is 7.89. The van der Waals surface area contributed by atoms with E-state index in [0.717, 1.165) is 25.1 Å². The summed E-state index contributed by atoms with van der Waals surface area (Å²) in [5, 5.41) is 3.58. The van der Waals surface area contributed by atoms with E-state index >= 15 is 0 Å². The van der Waals surface area contributed by atoms with Crippen molar-refractivity contribution in [1.29, 1.82) is 0 Å². The SMILES string of the molecule is CCNC1CC(c2ccc(CC)cc2)Oc2ccccc21. The molecule has 110 valence electrons.